The maximum Gasteiger partial charge on any atom is 0.331 e. The summed E-state index contributed by atoms with van der Waals surface area (Å²) in [5.74, 6) is -1.51. The Morgan fingerprint density at radius 1 is 1.22 bits per heavy atom. The number of nitrogens with zero attached hydrogens (tertiary/aromatic N) is 2. The van der Waals surface area contributed by atoms with Crippen molar-refractivity contribution in [3.05, 3.63) is 46.8 Å². The lowest BCUT2D eigenvalue weighted by atomic mass is 9.94. The zero-order valence-corrected chi connectivity index (χ0v) is 15.3. The number of hydrogen-bond acceptors (Lipinski definition) is 4. The van der Waals surface area contributed by atoms with Gasteiger partial charge in [-0.1, -0.05) is 17.7 Å². The van der Waals surface area contributed by atoms with Crippen LogP contribution >= 0.6 is 0 Å². The maximum atomic E-state index is 13.0. The van der Waals surface area contributed by atoms with Crippen molar-refractivity contribution in [1.29, 1.82) is 0 Å². The summed E-state index contributed by atoms with van der Waals surface area (Å²) in [5, 5.41) is 16.9. The molecule has 1 amide bonds. The molecule has 1 atom stereocenters. The van der Waals surface area contributed by atoms with Crippen molar-refractivity contribution in [3.8, 4) is 5.69 Å². The quantitative estimate of drug-likeness (QED) is 0.860. The second kappa shape index (κ2) is 6.81. The lowest BCUT2D eigenvalue weighted by molar-refractivity contribution is -0.144. The number of ether oxygens (including phenoxy) is 1. The molecule has 0 saturated carbocycles. The molecule has 2 aromatic rings. The minimum atomic E-state index is -1.37. The van der Waals surface area contributed by atoms with Gasteiger partial charge >= 0.3 is 5.97 Å². The molecule has 1 aromatic carbocycles. The molecule has 2 aliphatic rings. The van der Waals surface area contributed by atoms with Crippen LogP contribution in [-0.2, 0) is 22.4 Å². The van der Waals surface area contributed by atoms with Gasteiger partial charge in [0.1, 0.15) is 0 Å². The molecule has 142 valence electrons. The highest BCUT2D eigenvalue weighted by Crippen LogP contribution is 2.28. The molecule has 27 heavy (non-hydrogen) atoms. The van der Waals surface area contributed by atoms with E-state index in [0.717, 1.165) is 48.2 Å². The van der Waals surface area contributed by atoms with E-state index >= 15 is 0 Å². The predicted molar refractivity (Wildman–Crippen MR) is 98.2 cm³/mol. The zero-order chi connectivity index (χ0) is 19.0. The highest BCUT2D eigenvalue weighted by molar-refractivity contribution is 5.98. The second-order valence-electron chi connectivity index (χ2n) is 7.37. The second-order valence-corrected chi connectivity index (χ2v) is 7.37. The molecular formula is C20H23N3O4. The molecule has 0 bridgehead atoms. The number of carboxylic acid groups (broad SMARTS) is 1. The number of fused-ring (bicyclic) bond motifs is 1. The van der Waals surface area contributed by atoms with Crippen LogP contribution in [0.15, 0.2) is 24.3 Å². The minimum Gasteiger partial charge on any atom is -0.479 e. The van der Waals surface area contributed by atoms with Crippen molar-refractivity contribution in [2.75, 3.05) is 13.2 Å². The number of rotatable bonds is 4. The Hall–Kier alpha value is -2.67. The molecular weight excluding hydrogens is 346 g/mol. The SMILES string of the molecule is Cc1ccc(-n2nc(C(=O)NC3(C(=O)O)CCOC3)c3c2CCCC3)cc1. The number of aromatic nitrogens is 2. The van der Waals surface area contributed by atoms with Crippen molar-refractivity contribution in [1.82, 2.24) is 15.1 Å². The molecule has 0 radical (unpaired) electrons. The van der Waals surface area contributed by atoms with Gasteiger partial charge in [0.05, 0.1) is 12.3 Å². The normalized spacial score (nSPS) is 21.7. The summed E-state index contributed by atoms with van der Waals surface area (Å²) >= 11 is 0. The first kappa shape index (κ1) is 17.7. The Labute approximate surface area is 157 Å². The number of aliphatic carboxylic acids is 1. The van der Waals surface area contributed by atoms with Gasteiger partial charge in [-0.25, -0.2) is 9.48 Å². The molecule has 4 rings (SSSR count). The Morgan fingerprint density at radius 2 is 1.96 bits per heavy atom. The van der Waals surface area contributed by atoms with Crippen molar-refractivity contribution in [2.45, 2.75) is 44.6 Å². The van der Waals surface area contributed by atoms with E-state index in [4.69, 9.17) is 4.74 Å². The van der Waals surface area contributed by atoms with Gasteiger partial charge < -0.3 is 15.2 Å². The molecule has 2 heterocycles. The summed E-state index contributed by atoms with van der Waals surface area (Å²) in [6.45, 7) is 2.33. The fraction of sp³-hybridized carbons (Fsp3) is 0.450. The van der Waals surface area contributed by atoms with Crippen molar-refractivity contribution in [2.24, 2.45) is 0 Å². The van der Waals surface area contributed by atoms with Gasteiger partial charge in [-0.05, 0) is 44.7 Å². The van der Waals surface area contributed by atoms with Crippen LogP contribution in [0.2, 0.25) is 0 Å². The van der Waals surface area contributed by atoms with Crippen LogP contribution in [-0.4, -0.2) is 45.5 Å². The van der Waals surface area contributed by atoms with Gasteiger partial charge in [0.15, 0.2) is 11.2 Å². The van der Waals surface area contributed by atoms with Gasteiger partial charge in [0, 0.05) is 24.3 Å². The Bertz CT molecular complexity index is 879. The molecule has 1 fully saturated rings. The number of benzene rings is 1. The molecule has 1 aliphatic carbocycles. The fourth-order valence-corrected chi connectivity index (χ4v) is 3.84. The van der Waals surface area contributed by atoms with Crippen LogP contribution in [0.4, 0.5) is 0 Å². The van der Waals surface area contributed by atoms with E-state index in [9.17, 15) is 14.7 Å². The van der Waals surface area contributed by atoms with Gasteiger partial charge in [-0.15, -0.1) is 0 Å². The minimum absolute atomic E-state index is 0.0189. The Morgan fingerprint density at radius 3 is 2.63 bits per heavy atom. The van der Waals surface area contributed by atoms with E-state index in [1.165, 1.54) is 0 Å². The number of nitrogens with one attached hydrogen (secondary N) is 1. The first-order chi connectivity index (χ1) is 13.0. The smallest absolute Gasteiger partial charge is 0.331 e. The standard InChI is InChI=1S/C20H23N3O4/c1-13-6-8-14(9-7-13)23-16-5-3-2-4-15(16)17(22-23)18(24)21-20(19(25)26)10-11-27-12-20/h6-9H,2-5,10-12H2,1H3,(H,21,24)(H,25,26). The highest BCUT2D eigenvalue weighted by Gasteiger charge is 2.45. The maximum absolute atomic E-state index is 13.0. The van der Waals surface area contributed by atoms with Crippen LogP contribution in [0, 0.1) is 6.92 Å². The van der Waals surface area contributed by atoms with Crippen molar-refractivity contribution in [3.63, 3.8) is 0 Å². The third kappa shape index (κ3) is 3.12. The van der Waals surface area contributed by atoms with Gasteiger partial charge in [0.25, 0.3) is 5.91 Å². The third-order valence-corrected chi connectivity index (χ3v) is 5.46. The topological polar surface area (TPSA) is 93.5 Å². The van der Waals surface area contributed by atoms with Crippen molar-refractivity contribution < 1.29 is 19.4 Å². The summed E-state index contributed by atoms with van der Waals surface area (Å²) in [6.07, 6.45) is 3.95. The predicted octanol–water partition coefficient (Wildman–Crippen LogP) is 2.03. The molecule has 7 heteroatoms. The number of hydrogen-bond donors (Lipinski definition) is 2. The van der Waals surface area contributed by atoms with E-state index < -0.39 is 17.4 Å². The summed E-state index contributed by atoms with van der Waals surface area (Å²) in [5.41, 5.74) is 3.00. The van der Waals surface area contributed by atoms with Crippen molar-refractivity contribution >= 4 is 11.9 Å². The number of carbonyl (C=O) groups excluding carboxylic acids is 1. The molecule has 0 spiro atoms. The monoisotopic (exact) mass is 369 g/mol. The lowest BCUT2D eigenvalue weighted by Crippen LogP contribution is -2.55. The van der Waals surface area contributed by atoms with E-state index in [2.05, 4.69) is 10.4 Å². The number of aryl methyl sites for hydroxylation is 1. The molecule has 7 nitrogen and oxygen atoms in total. The fourth-order valence-electron chi connectivity index (χ4n) is 3.84. The summed E-state index contributed by atoms with van der Waals surface area (Å²) in [6, 6.07) is 8.01. The Balaban J connectivity index is 1.71. The van der Waals surface area contributed by atoms with E-state index in [1.807, 2.05) is 35.9 Å². The zero-order valence-electron chi connectivity index (χ0n) is 15.3. The number of carbonyl (C=O) groups is 2. The van der Waals surface area contributed by atoms with Gasteiger partial charge in [0.2, 0.25) is 0 Å². The average Bonchev–Trinajstić information content (AvgIpc) is 3.28. The van der Waals surface area contributed by atoms with E-state index in [0.29, 0.717) is 12.3 Å². The summed E-state index contributed by atoms with van der Waals surface area (Å²) < 4.78 is 7.07. The molecule has 1 saturated heterocycles. The van der Waals surface area contributed by atoms with Gasteiger partial charge in [-0.2, -0.15) is 5.10 Å². The lowest BCUT2D eigenvalue weighted by Gasteiger charge is -2.23. The number of amides is 1. The first-order valence-corrected chi connectivity index (χ1v) is 9.32. The summed E-state index contributed by atoms with van der Waals surface area (Å²) in [4.78, 5) is 24.7. The highest BCUT2D eigenvalue weighted by atomic mass is 16.5. The van der Waals surface area contributed by atoms with Crippen LogP contribution in [0.25, 0.3) is 5.69 Å². The molecule has 2 N–H and O–H groups in total. The largest absolute Gasteiger partial charge is 0.479 e. The van der Waals surface area contributed by atoms with Crippen LogP contribution in [0.5, 0.6) is 0 Å². The molecule has 1 aliphatic heterocycles. The number of carboxylic acids is 1. The Kier molecular flexibility index (Phi) is 4.47. The molecule has 1 unspecified atom stereocenters. The van der Waals surface area contributed by atoms with Gasteiger partial charge in [-0.3, -0.25) is 4.79 Å². The van der Waals surface area contributed by atoms with Crippen LogP contribution in [0.3, 0.4) is 0 Å². The van der Waals surface area contributed by atoms with Crippen LogP contribution < -0.4 is 5.32 Å². The first-order valence-electron chi connectivity index (χ1n) is 9.32. The summed E-state index contributed by atoms with van der Waals surface area (Å²) in [7, 11) is 0. The van der Waals surface area contributed by atoms with Crippen LogP contribution in [0.1, 0.15) is 46.6 Å². The third-order valence-electron chi connectivity index (χ3n) is 5.46. The van der Waals surface area contributed by atoms with E-state index in [1.54, 1.807) is 0 Å². The van der Waals surface area contributed by atoms with E-state index in [-0.39, 0.29) is 13.0 Å². The molecule has 1 aromatic heterocycles. The average molecular weight is 369 g/mol.